The highest BCUT2D eigenvalue weighted by Gasteiger charge is 2.69. The smallest absolute Gasteiger partial charge is 0.336 e. The number of aliphatic carboxylic acids is 1. The Morgan fingerprint density at radius 3 is 1.92 bits per heavy atom. The Morgan fingerprint density at radius 2 is 1.42 bits per heavy atom. The number of hydrogen-bond acceptors (Lipinski definition) is 13. The van der Waals surface area contributed by atoms with Crippen LogP contribution in [-0.4, -0.2) is 95.4 Å². The normalized spacial score (nSPS) is 24.7. The Labute approximate surface area is 274 Å². The van der Waals surface area contributed by atoms with Crippen LogP contribution in [0.4, 0.5) is 0 Å². The number of aromatic hydroxyl groups is 4. The van der Waals surface area contributed by atoms with Gasteiger partial charge in [0.2, 0.25) is 5.60 Å². The molecule has 0 unspecified atom stereocenters. The molecule has 3 aromatic rings. The third kappa shape index (κ3) is 7.42. The zero-order chi connectivity index (χ0) is 35.2. The van der Waals surface area contributed by atoms with E-state index in [0.717, 1.165) is 24.3 Å². The second-order valence-electron chi connectivity index (χ2n) is 11.2. The number of likely N-dealkylation sites (N-methyl/N-ethyl adjacent to an activating group) is 1. The summed E-state index contributed by atoms with van der Waals surface area (Å²) in [5.41, 5.74) is -4.43. The maximum absolute atomic E-state index is 13.3. The zero-order valence-corrected chi connectivity index (χ0v) is 25.5. The summed E-state index contributed by atoms with van der Waals surface area (Å²) in [6.07, 6.45) is -3.30. The summed E-state index contributed by atoms with van der Waals surface area (Å²) in [7, 11) is 1.24. The molecule has 1 saturated carbocycles. The first-order valence-electron chi connectivity index (χ1n) is 14.6. The molecule has 4 rings (SSSR count). The average molecular weight is 666 g/mol. The van der Waals surface area contributed by atoms with Gasteiger partial charge in [-0.2, -0.15) is 0 Å². The summed E-state index contributed by atoms with van der Waals surface area (Å²) in [6.45, 7) is 0. The fourth-order valence-corrected chi connectivity index (χ4v) is 5.66. The van der Waals surface area contributed by atoms with Crippen LogP contribution in [0.2, 0.25) is 0 Å². The van der Waals surface area contributed by atoms with E-state index in [1.807, 2.05) is 0 Å². The van der Waals surface area contributed by atoms with Gasteiger partial charge in [0.25, 0.3) is 0 Å². The van der Waals surface area contributed by atoms with Crippen molar-refractivity contribution >= 4 is 30.1 Å². The lowest BCUT2D eigenvalue weighted by Gasteiger charge is -2.54. The molecule has 1 aliphatic carbocycles. The Bertz CT molecular complexity index is 1710. The van der Waals surface area contributed by atoms with Gasteiger partial charge in [-0.25, -0.2) is 14.4 Å². The number of ether oxygens (including phenoxy) is 2. The van der Waals surface area contributed by atoms with Crippen molar-refractivity contribution < 1.29 is 64.7 Å². The number of nitrogens with one attached hydrogen (secondary N) is 1. The van der Waals surface area contributed by atoms with Crippen LogP contribution in [0.3, 0.4) is 0 Å². The molecular formula is C34H35NO13. The van der Waals surface area contributed by atoms with Gasteiger partial charge in [0, 0.05) is 24.5 Å². The molecule has 3 aromatic carbocycles. The number of carboxylic acids is 1. The van der Waals surface area contributed by atoms with E-state index < -0.39 is 82.9 Å². The van der Waals surface area contributed by atoms with E-state index in [4.69, 9.17) is 9.47 Å². The van der Waals surface area contributed by atoms with Gasteiger partial charge in [-0.15, -0.1) is 0 Å². The standard InChI is InChI=1S/C34H35NO13/c1-35-31(43)34(48-29(42)14-10-21-8-12-24(37)26(39)17-21)27(40)18-33(46,32(44)45)22(15-19-5-3-2-4-6-19)30(34)47-28(41)13-9-20-7-11-23(36)25(38)16-20/h2-14,16-17,22,27,30-31,35-40,43,46H,15,18H2,1H3,(H,44,45)/b13-9+,14-10+/t22-,27+,30+,31+,33+,34-/m0/s1. The van der Waals surface area contributed by atoms with Crippen molar-refractivity contribution in [2.45, 2.75) is 42.5 Å². The van der Waals surface area contributed by atoms with Gasteiger partial charge in [-0.1, -0.05) is 42.5 Å². The monoisotopic (exact) mass is 665 g/mol. The minimum atomic E-state index is -2.77. The highest BCUT2D eigenvalue weighted by Crippen LogP contribution is 2.47. The lowest BCUT2D eigenvalue weighted by Crippen LogP contribution is -2.76. The van der Waals surface area contributed by atoms with Gasteiger partial charge < -0.3 is 50.3 Å². The maximum atomic E-state index is 13.3. The molecule has 0 spiro atoms. The first-order chi connectivity index (χ1) is 22.7. The Hall–Kier alpha value is -5.41. The molecule has 0 bridgehead atoms. The molecule has 48 heavy (non-hydrogen) atoms. The van der Waals surface area contributed by atoms with Crippen LogP contribution in [0, 0.1) is 5.92 Å². The third-order valence-corrected chi connectivity index (χ3v) is 8.16. The van der Waals surface area contributed by atoms with Gasteiger partial charge >= 0.3 is 17.9 Å². The van der Waals surface area contributed by atoms with Crippen molar-refractivity contribution in [2.24, 2.45) is 5.92 Å². The Kier molecular flexibility index (Phi) is 10.8. The van der Waals surface area contributed by atoms with Crippen LogP contribution in [-0.2, 0) is 30.3 Å². The van der Waals surface area contributed by atoms with Crippen LogP contribution in [0.25, 0.3) is 12.2 Å². The predicted molar refractivity (Wildman–Crippen MR) is 168 cm³/mol. The van der Waals surface area contributed by atoms with E-state index in [1.54, 1.807) is 30.3 Å². The van der Waals surface area contributed by atoms with E-state index in [-0.39, 0.29) is 17.5 Å². The van der Waals surface area contributed by atoms with Crippen molar-refractivity contribution in [3.05, 3.63) is 95.6 Å². The molecule has 14 nitrogen and oxygen atoms in total. The van der Waals surface area contributed by atoms with E-state index in [1.165, 1.54) is 43.5 Å². The molecule has 1 fully saturated rings. The summed E-state index contributed by atoms with van der Waals surface area (Å²) in [5.74, 6) is -7.56. The van der Waals surface area contributed by atoms with Crippen LogP contribution < -0.4 is 5.32 Å². The van der Waals surface area contributed by atoms with E-state index >= 15 is 0 Å². The van der Waals surface area contributed by atoms with Crippen LogP contribution in [0.5, 0.6) is 23.0 Å². The number of carbonyl (C=O) groups is 3. The highest BCUT2D eigenvalue weighted by atomic mass is 16.6. The summed E-state index contributed by atoms with van der Waals surface area (Å²) in [6, 6.07) is 15.5. The number of hydrogen-bond donors (Lipinski definition) is 9. The Balaban J connectivity index is 1.82. The summed E-state index contributed by atoms with van der Waals surface area (Å²) in [5, 5.41) is 85.8. The average Bonchev–Trinajstić information content (AvgIpc) is 3.05. The number of phenolic OH excluding ortho intramolecular Hbond substituents is 4. The molecule has 0 radical (unpaired) electrons. The van der Waals surface area contributed by atoms with Crippen molar-refractivity contribution in [1.82, 2.24) is 5.32 Å². The zero-order valence-electron chi connectivity index (χ0n) is 25.5. The summed E-state index contributed by atoms with van der Waals surface area (Å²) >= 11 is 0. The van der Waals surface area contributed by atoms with Crippen molar-refractivity contribution in [3.63, 3.8) is 0 Å². The van der Waals surface area contributed by atoms with Gasteiger partial charge in [0.05, 0.1) is 0 Å². The Morgan fingerprint density at radius 1 is 0.875 bits per heavy atom. The number of aliphatic hydroxyl groups excluding tert-OH is 2. The second-order valence-corrected chi connectivity index (χ2v) is 11.2. The molecule has 1 aliphatic rings. The number of carboxylic acid groups (broad SMARTS) is 1. The number of esters is 2. The fourth-order valence-electron chi connectivity index (χ4n) is 5.66. The SMILES string of the molecule is CN[C@H](O)[C@]1(OC(=O)/C=C/c2ccc(O)c(O)c2)[C@H](O)C[C@](O)(C(=O)O)[C@@H](Cc2ccccc2)[C@H]1OC(=O)/C=C/c1ccc(O)c(O)c1. The summed E-state index contributed by atoms with van der Waals surface area (Å²) < 4.78 is 11.4. The molecule has 254 valence electrons. The van der Waals surface area contributed by atoms with Crippen molar-refractivity contribution in [3.8, 4) is 23.0 Å². The van der Waals surface area contributed by atoms with Gasteiger partial charge in [0.1, 0.15) is 6.10 Å². The van der Waals surface area contributed by atoms with Crippen LogP contribution in [0.15, 0.2) is 78.9 Å². The van der Waals surface area contributed by atoms with E-state index in [9.17, 15) is 55.2 Å². The van der Waals surface area contributed by atoms with Crippen molar-refractivity contribution in [2.75, 3.05) is 7.05 Å². The van der Waals surface area contributed by atoms with E-state index in [0.29, 0.717) is 5.56 Å². The lowest BCUT2D eigenvalue weighted by molar-refractivity contribution is -0.284. The number of benzene rings is 3. The minimum absolute atomic E-state index is 0.241. The molecule has 0 aromatic heterocycles. The fraction of sp³-hybridized carbons (Fsp3) is 0.265. The number of rotatable bonds is 11. The predicted octanol–water partition coefficient (Wildman–Crippen LogP) is 1.41. The minimum Gasteiger partial charge on any atom is -0.504 e. The lowest BCUT2D eigenvalue weighted by atomic mass is 9.62. The third-order valence-electron chi connectivity index (χ3n) is 8.16. The first-order valence-corrected chi connectivity index (χ1v) is 14.6. The molecular weight excluding hydrogens is 630 g/mol. The topological polar surface area (TPSA) is 244 Å². The molecule has 6 atom stereocenters. The van der Waals surface area contributed by atoms with Crippen LogP contribution in [0.1, 0.15) is 23.1 Å². The molecule has 0 amide bonds. The molecule has 0 aliphatic heterocycles. The molecule has 14 heteroatoms. The first kappa shape index (κ1) is 35.4. The number of aliphatic hydroxyl groups is 3. The molecule has 0 saturated heterocycles. The van der Waals surface area contributed by atoms with Gasteiger partial charge in [0.15, 0.2) is 40.9 Å². The van der Waals surface area contributed by atoms with E-state index in [2.05, 4.69) is 5.32 Å². The molecule has 9 N–H and O–H groups in total. The quantitative estimate of drug-likeness (QED) is 0.0609. The molecule has 0 heterocycles. The van der Waals surface area contributed by atoms with Gasteiger partial charge in [-0.3, -0.25) is 5.32 Å². The van der Waals surface area contributed by atoms with Gasteiger partial charge in [-0.05, 0) is 66.6 Å². The van der Waals surface area contributed by atoms with Crippen molar-refractivity contribution in [1.29, 1.82) is 0 Å². The number of carbonyl (C=O) groups excluding carboxylic acids is 2. The largest absolute Gasteiger partial charge is 0.504 e. The second kappa shape index (κ2) is 14.6. The summed E-state index contributed by atoms with van der Waals surface area (Å²) in [4.78, 5) is 39.3. The maximum Gasteiger partial charge on any atom is 0.336 e. The van der Waals surface area contributed by atoms with Crippen LogP contribution >= 0.6 is 0 Å². The highest BCUT2D eigenvalue weighted by molar-refractivity contribution is 5.89. The number of phenols is 4.